The van der Waals surface area contributed by atoms with Crippen molar-refractivity contribution in [3.05, 3.63) is 65.5 Å². The van der Waals surface area contributed by atoms with Crippen molar-refractivity contribution in [2.45, 2.75) is 6.04 Å². The molecule has 5 nitrogen and oxygen atoms in total. The third-order valence-corrected chi connectivity index (χ3v) is 3.21. The summed E-state index contributed by atoms with van der Waals surface area (Å²) in [5, 5.41) is 9.01. The number of carbonyl (C=O) groups is 1. The molecule has 0 aliphatic rings. The molecule has 0 fully saturated rings. The number of rotatable bonds is 3. The predicted molar refractivity (Wildman–Crippen MR) is 73.4 cm³/mol. The van der Waals surface area contributed by atoms with Gasteiger partial charge in [-0.2, -0.15) is 0 Å². The Labute approximate surface area is 114 Å². The van der Waals surface area contributed by atoms with E-state index < -0.39 is 12.0 Å². The van der Waals surface area contributed by atoms with Crippen LogP contribution < -0.4 is 5.73 Å². The van der Waals surface area contributed by atoms with Crippen molar-refractivity contribution in [2.75, 3.05) is 0 Å². The topological polar surface area (TPSA) is 89.4 Å². The summed E-state index contributed by atoms with van der Waals surface area (Å²) in [5.74, 6) is -0.968. The maximum absolute atomic E-state index is 11.0. The quantitative estimate of drug-likeness (QED) is 0.762. The molecule has 0 amide bonds. The lowest BCUT2D eigenvalue weighted by atomic mass is 9.98. The van der Waals surface area contributed by atoms with Crippen molar-refractivity contribution in [3.63, 3.8) is 0 Å². The second kappa shape index (κ2) is 4.79. The van der Waals surface area contributed by atoms with Gasteiger partial charge in [-0.25, -0.2) is 9.78 Å². The highest BCUT2D eigenvalue weighted by Crippen LogP contribution is 2.24. The lowest BCUT2D eigenvalue weighted by Crippen LogP contribution is -2.12. The molecule has 1 unspecified atom stereocenters. The van der Waals surface area contributed by atoms with Gasteiger partial charge in [-0.1, -0.05) is 18.2 Å². The molecule has 0 spiro atoms. The molecule has 0 radical (unpaired) electrons. The molecule has 3 aromatic rings. The summed E-state index contributed by atoms with van der Waals surface area (Å²) >= 11 is 0. The van der Waals surface area contributed by atoms with Crippen LogP contribution in [0, 0.1) is 0 Å². The molecule has 5 heteroatoms. The first-order valence-corrected chi connectivity index (χ1v) is 6.07. The number of aromatic carboxylic acids is 1. The van der Waals surface area contributed by atoms with E-state index >= 15 is 0 Å². The van der Waals surface area contributed by atoms with Gasteiger partial charge in [-0.05, 0) is 35.4 Å². The minimum Gasteiger partial charge on any atom is -0.478 e. The van der Waals surface area contributed by atoms with E-state index in [4.69, 9.17) is 15.3 Å². The molecule has 1 atom stereocenters. The Bertz CT molecular complexity index is 779. The summed E-state index contributed by atoms with van der Waals surface area (Å²) in [5.41, 5.74) is 9.42. The van der Waals surface area contributed by atoms with Crippen molar-refractivity contribution < 1.29 is 14.3 Å². The largest absolute Gasteiger partial charge is 0.478 e. The predicted octanol–water partition coefficient (Wildman–Crippen LogP) is 2.57. The summed E-state index contributed by atoms with van der Waals surface area (Å²) in [4.78, 5) is 15.0. The smallest absolute Gasteiger partial charge is 0.335 e. The number of benzene rings is 2. The number of hydrogen-bond acceptors (Lipinski definition) is 4. The van der Waals surface area contributed by atoms with Gasteiger partial charge in [0.05, 0.1) is 11.6 Å². The summed E-state index contributed by atoms with van der Waals surface area (Å²) in [6.07, 6.45) is 1.38. The van der Waals surface area contributed by atoms with Crippen LogP contribution in [0.15, 0.2) is 53.3 Å². The Balaban J connectivity index is 2.00. The molecular formula is C15H12N2O3. The molecule has 20 heavy (non-hydrogen) atoms. The molecule has 0 saturated heterocycles. The van der Waals surface area contributed by atoms with E-state index in [2.05, 4.69) is 4.98 Å². The average Bonchev–Trinajstić information content (AvgIpc) is 2.94. The number of carboxylic acid groups (broad SMARTS) is 1. The minimum atomic E-state index is -0.968. The molecule has 0 saturated carbocycles. The molecule has 0 aliphatic carbocycles. The summed E-state index contributed by atoms with van der Waals surface area (Å²) < 4.78 is 5.25. The van der Waals surface area contributed by atoms with Crippen molar-refractivity contribution in [3.8, 4) is 0 Å². The van der Waals surface area contributed by atoms with Gasteiger partial charge < -0.3 is 15.3 Å². The van der Waals surface area contributed by atoms with E-state index in [9.17, 15) is 4.79 Å². The highest BCUT2D eigenvalue weighted by atomic mass is 16.4. The highest BCUT2D eigenvalue weighted by Gasteiger charge is 2.13. The van der Waals surface area contributed by atoms with Gasteiger partial charge in [-0.3, -0.25) is 0 Å². The molecule has 3 rings (SSSR count). The van der Waals surface area contributed by atoms with Crippen LogP contribution in [0.25, 0.3) is 11.1 Å². The molecule has 2 aromatic carbocycles. The van der Waals surface area contributed by atoms with Gasteiger partial charge in [0.25, 0.3) is 0 Å². The molecule has 0 bridgehead atoms. The third kappa shape index (κ3) is 2.15. The minimum absolute atomic E-state index is 0.221. The van der Waals surface area contributed by atoms with Crippen LogP contribution in [0.4, 0.5) is 0 Å². The van der Waals surface area contributed by atoms with Crippen LogP contribution in [-0.4, -0.2) is 16.1 Å². The van der Waals surface area contributed by atoms with E-state index in [1.165, 1.54) is 12.5 Å². The second-order valence-electron chi connectivity index (χ2n) is 4.49. The van der Waals surface area contributed by atoms with Gasteiger partial charge >= 0.3 is 5.97 Å². The average molecular weight is 268 g/mol. The Hall–Kier alpha value is -2.66. The number of oxazole rings is 1. The van der Waals surface area contributed by atoms with Crippen LogP contribution >= 0.6 is 0 Å². The summed E-state index contributed by atoms with van der Waals surface area (Å²) in [7, 11) is 0. The van der Waals surface area contributed by atoms with E-state index in [0.29, 0.717) is 5.58 Å². The Morgan fingerprint density at radius 1 is 1.20 bits per heavy atom. The number of nitrogens with two attached hydrogens (primary N) is 1. The first-order valence-electron chi connectivity index (χ1n) is 6.07. The van der Waals surface area contributed by atoms with Crippen LogP contribution in [0.1, 0.15) is 27.5 Å². The fraction of sp³-hybridized carbons (Fsp3) is 0.0667. The zero-order chi connectivity index (χ0) is 14.1. The van der Waals surface area contributed by atoms with E-state index in [0.717, 1.165) is 16.6 Å². The summed E-state index contributed by atoms with van der Waals surface area (Å²) in [6, 6.07) is 11.7. The number of nitrogens with zero attached hydrogens (tertiary/aromatic N) is 1. The lowest BCUT2D eigenvalue weighted by molar-refractivity contribution is 0.0696. The number of carboxylic acids is 1. The fourth-order valence-electron chi connectivity index (χ4n) is 2.12. The van der Waals surface area contributed by atoms with Crippen LogP contribution in [0.2, 0.25) is 0 Å². The zero-order valence-electron chi connectivity index (χ0n) is 10.5. The molecule has 100 valence electrons. The van der Waals surface area contributed by atoms with Crippen molar-refractivity contribution in [1.82, 2.24) is 4.98 Å². The number of fused-ring (bicyclic) bond motifs is 1. The first-order chi connectivity index (χ1) is 9.65. The number of hydrogen-bond donors (Lipinski definition) is 2. The second-order valence-corrected chi connectivity index (χ2v) is 4.49. The number of aromatic nitrogens is 1. The van der Waals surface area contributed by atoms with Gasteiger partial charge in [0.1, 0.15) is 5.52 Å². The molecular weight excluding hydrogens is 256 g/mol. The van der Waals surface area contributed by atoms with Crippen molar-refractivity contribution in [2.24, 2.45) is 5.73 Å². The lowest BCUT2D eigenvalue weighted by Gasteiger charge is -2.13. The monoisotopic (exact) mass is 268 g/mol. The Morgan fingerprint density at radius 2 is 2.00 bits per heavy atom. The van der Waals surface area contributed by atoms with E-state index in [-0.39, 0.29) is 5.56 Å². The standard InChI is InChI=1S/C15H12N2O3/c16-14(9-2-1-3-11(6-9)15(18)19)10-4-5-12-13(7-10)20-8-17-12/h1-8,14H,16H2,(H,18,19). The van der Waals surface area contributed by atoms with Crippen molar-refractivity contribution >= 4 is 17.1 Å². The summed E-state index contributed by atoms with van der Waals surface area (Å²) in [6.45, 7) is 0. The van der Waals surface area contributed by atoms with Gasteiger partial charge in [0, 0.05) is 0 Å². The SMILES string of the molecule is NC(c1cccc(C(=O)O)c1)c1ccc2ncoc2c1. The van der Waals surface area contributed by atoms with Crippen LogP contribution in [0.3, 0.4) is 0 Å². The van der Waals surface area contributed by atoms with Crippen LogP contribution in [0.5, 0.6) is 0 Å². The molecule has 1 aromatic heterocycles. The normalized spacial score (nSPS) is 12.4. The molecule has 3 N–H and O–H groups in total. The van der Waals surface area contributed by atoms with Gasteiger partial charge in [0.2, 0.25) is 0 Å². The zero-order valence-corrected chi connectivity index (χ0v) is 10.5. The van der Waals surface area contributed by atoms with Crippen LogP contribution in [-0.2, 0) is 0 Å². The van der Waals surface area contributed by atoms with Gasteiger partial charge in [-0.15, -0.1) is 0 Å². The van der Waals surface area contributed by atoms with E-state index in [1.54, 1.807) is 12.1 Å². The Morgan fingerprint density at radius 3 is 2.80 bits per heavy atom. The molecule has 1 heterocycles. The fourth-order valence-corrected chi connectivity index (χ4v) is 2.12. The maximum Gasteiger partial charge on any atom is 0.335 e. The van der Waals surface area contributed by atoms with Gasteiger partial charge in [0.15, 0.2) is 12.0 Å². The third-order valence-electron chi connectivity index (χ3n) is 3.21. The first kappa shape index (κ1) is 12.4. The van der Waals surface area contributed by atoms with E-state index in [1.807, 2.05) is 24.3 Å². The Kier molecular flexibility index (Phi) is 2.96. The van der Waals surface area contributed by atoms with Crippen molar-refractivity contribution in [1.29, 1.82) is 0 Å². The highest BCUT2D eigenvalue weighted by molar-refractivity contribution is 5.87. The molecule has 0 aliphatic heterocycles. The maximum atomic E-state index is 11.0.